The first-order valence-electron chi connectivity index (χ1n) is 7.92. The number of hydrogen-bond donors (Lipinski definition) is 1. The third-order valence-electron chi connectivity index (χ3n) is 4.74. The Morgan fingerprint density at radius 2 is 2.19 bits per heavy atom. The zero-order valence-electron chi connectivity index (χ0n) is 13.0. The van der Waals surface area contributed by atoms with Crippen molar-refractivity contribution >= 4 is 0 Å². The van der Waals surface area contributed by atoms with E-state index in [9.17, 15) is 0 Å². The number of aryl methyl sites for hydroxylation is 1. The van der Waals surface area contributed by atoms with Gasteiger partial charge in [0.1, 0.15) is 17.6 Å². The number of hydrogen-bond acceptors (Lipinski definition) is 3. The Morgan fingerprint density at radius 3 is 2.81 bits per heavy atom. The average Bonchev–Trinajstić information content (AvgIpc) is 3.13. The van der Waals surface area contributed by atoms with Crippen LogP contribution in [0.3, 0.4) is 0 Å². The maximum absolute atomic E-state index is 5.63. The van der Waals surface area contributed by atoms with E-state index in [-0.39, 0.29) is 6.04 Å². The molecule has 4 heteroatoms. The second kappa shape index (κ2) is 6.06. The van der Waals surface area contributed by atoms with Crippen LogP contribution in [0.25, 0.3) is 0 Å². The highest BCUT2D eigenvalue weighted by atomic mass is 16.3. The minimum Gasteiger partial charge on any atom is -0.467 e. The van der Waals surface area contributed by atoms with Gasteiger partial charge in [-0.2, -0.15) is 0 Å². The summed E-state index contributed by atoms with van der Waals surface area (Å²) >= 11 is 0. The maximum Gasteiger partial charge on any atom is 0.133 e. The van der Waals surface area contributed by atoms with E-state index in [1.54, 1.807) is 6.26 Å². The maximum atomic E-state index is 5.63. The Kier molecular flexibility index (Phi) is 4.15. The molecule has 0 amide bonds. The van der Waals surface area contributed by atoms with Crippen molar-refractivity contribution in [2.24, 2.45) is 12.5 Å². The van der Waals surface area contributed by atoms with Crippen LogP contribution < -0.4 is 5.32 Å². The third-order valence-corrected chi connectivity index (χ3v) is 4.74. The first-order valence-corrected chi connectivity index (χ1v) is 7.92. The predicted octanol–water partition coefficient (Wildman–Crippen LogP) is 3.66. The lowest BCUT2D eigenvalue weighted by Crippen LogP contribution is -2.36. The molecule has 1 aliphatic carbocycles. The SMILES string of the molecule is Cn1ccnc1C(NCC1(C)CCCCC1)c1ccco1. The molecule has 0 bridgehead atoms. The van der Waals surface area contributed by atoms with Gasteiger partial charge in [0, 0.05) is 26.0 Å². The van der Waals surface area contributed by atoms with E-state index in [4.69, 9.17) is 4.42 Å². The lowest BCUT2D eigenvalue weighted by Gasteiger charge is -2.35. The van der Waals surface area contributed by atoms with Crippen LogP contribution in [0, 0.1) is 5.41 Å². The van der Waals surface area contributed by atoms with Crippen molar-refractivity contribution in [2.75, 3.05) is 6.54 Å². The summed E-state index contributed by atoms with van der Waals surface area (Å²) in [7, 11) is 2.03. The van der Waals surface area contributed by atoms with E-state index in [1.165, 1.54) is 32.1 Å². The summed E-state index contributed by atoms with van der Waals surface area (Å²) in [5, 5.41) is 3.70. The molecule has 1 saturated carbocycles. The van der Waals surface area contributed by atoms with Gasteiger partial charge in [0.15, 0.2) is 0 Å². The highest BCUT2D eigenvalue weighted by Gasteiger charge is 2.29. The monoisotopic (exact) mass is 287 g/mol. The van der Waals surface area contributed by atoms with Crippen molar-refractivity contribution in [2.45, 2.75) is 45.1 Å². The van der Waals surface area contributed by atoms with E-state index in [0.29, 0.717) is 5.41 Å². The van der Waals surface area contributed by atoms with E-state index in [2.05, 4.69) is 21.8 Å². The number of nitrogens with one attached hydrogen (secondary N) is 1. The number of imidazole rings is 1. The molecule has 21 heavy (non-hydrogen) atoms. The fourth-order valence-corrected chi connectivity index (χ4v) is 3.36. The second-order valence-electron chi connectivity index (χ2n) is 6.60. The molecule has 114 valence electrons. The molecule has 3 rings (SSSR count). The summed E-state index contributed by atoms with van der Waals surface area (Å²) in [6.07, 6.45) is 12.3. The Morgan fingerprint density at radius 1 is 1.38 bits per heavy atom. The number of rotatable bonds is 5. The van der Waals surface area contributed by atoms with Crippen LogP contribution in [-0.2, 0) is 7.05 Å². The fraction of sp³-hybridized carbons (Fsp3) is 0.588. The number of nitrogens with zero attached hydrogens (tertiary/aromatic N) is 2. The third kappa shape index (κ3) is 3.21. The highest BCUT2D eigenvalue weighted by Crippen LogP contribution is 2.36. The van der Waals surface area contributed by atoms with Crippen LogP contribution in [0.2, 0.25) is 0 Å². The molecule has 2 aromatic heterocycles. The molecular formula is C17H25N3O. The predicted molar refractivity (Wildman–Crippen MR) is 83.0 cm³/mol. The van der Waals surface area contributed by atoms with Crippen molar-refractivity contribution in [3.8, 4) is 0 Å². The largest absolute Gasteiger partial charge is 0.467 e. The van der Waals surface area contributed by atoms with Gasteiger partial charge in [0.05, 0.1) is 6.26 Å². The van der Waals surface area contributed by atoms with Gasteiger partial charge in [-0.1, -0.05) is 26.2 Å². The average molecular weight is 287 g/mol. The fourth-order valence-electron chi connectivity index (χ4n) is 3.36. The zero-order chi connectivity index (χ0) is 14.7. The molecule has 1 unspecified atom stereocenters. The molecule has 0 aromatic carbocycles. The molecule has 4 nitrogen and oxygen atoms in total. The van der Waals surface area contributed by atoms with Crippen molar-refractivity contribution < 1.29 is 4.42 Å². The summed E-state index contributed by atoms with van der Waals surface area (Å²) in [4.78, 5) is 4.50. The minimum atomic E-state index is 0.0266. The Balaban J connectivity index is 1.76. The number of furan rings is 1. The molecule has 1 N–H and O–H groups in total. The summed E-state index contributed by atoms with van der Waals surface area (Å²) < 4.78 is 7.69. The highest BCUT2D eigenvalue weighted by molar-refractivity contribution is 5.15. The standard InChI is InChI=1S/C17H25N3O/c1-17(8-4-3-5-9-17)13-19-15(14-7-6-12-21-14)16-18-10-11-20(16)2/h6-7,10-12,15,19H,3-5,8-9,13H2,1-2H3. The van der Waals surface area contributed by atoms with E-state index >= 15 is 0 Å². The Bertz CT molecular complexity index is 552. The lowest BCUT2D eigenvalue weighted by atomic mass is 9.75. The van der Waals surface area contributed by atoms with Gasteiger partial charge in [-0.3, -0.25) is 0 Å². The van der Waals surface area contributed by atoms with Gasteiger partial charge in [-0.15, -0.1) is 0 Å². The lowest BCUT2D eigenvalue weighted by molar-refractivity contribution is 0.199. The van der Waals surface area contributed by atoms with Crippen LogP contribution in [0.1, 0.15) is 56.7 Å². The molecule has 0 saturated heterocycles. The van der Waals surface area contributed by atoms with E-state index < -0.39 is 0 Å². The molecule has 2 heterocycles. The molecule has 1 fully saturated rings. The summed E-state index contributed by atoms with van der Waals surface area (Å²) in [6, 6.07) is 3.99. The van der Waals surface area contributed by atoms with Gasteiger partial charge < -0.3 is 14.3 Å². The first-order chi connectivity index (χ1) is 10.2. The molecule has 2 aromatic rings. The summed E-state index contributed by atoms with van der Waals surface area (Å²) in [5.74, 6) is 1.94. The van der Waals surface area contributed by atoms with Crippen molar-refractivity contribution in [3.05, 3.63) is 42.4 Å². The van der Waals surface area contributed by atoms with Crippen molar-refractivity contribution in [1.29, 1.82) is 0 Å². The minimum absolute atomic E-state index is 0.0266. The molecular weight excluding hydrogens is 262 g/mol. The molecule has 0 radical (unpaired) electrons. The normalized spacial score (nSPS) is 19.5. The molecule has 1 aliphatic rings. The molecule has 1 atom stereocenters. The van der Waals surface area contributed by atoms with Gasteiger partial charge in [-0.25, -0.2) is 4.98 Å². The van der Waals surface area contributed by atoms with Gasteiger partial charge in [0.2, 0.25) is 0 Å². The summed E-state index contributed by atoms with van der Waals surface area (Å²) in [5.41, 5.74) is 0.397. The number of aromatic nitrogens is 2. The van der Waals surface area contributed by atoms with Crippen molar-refractivity contribution in [1.82, 2.24) is 14.9 Å². The van der Waals surface area contributed by atoms with E-state index in [0.717, 1.165) is 18.1 Å². The van der Waals surface area contributed by atoms with Gasteiger partial charge in [0.25, 0.3) is 0 Å². The summed E-state index contributed by atoms with van der Waals surface area (Å²) in [6.45, 7) is 3.40. The van der Waals surface area contributed by atoms with Gasteiger partial charge in [-0.05, 0) is 30.4 Å². The second-order valence-corrected chi connectivity index (χ2v) is 6.60. The van der Waals surface area contributed by atoms with E-state index in [1.807, 2.05) is 31.6 Å². The smallest absolute Gasteiger partial charge is 0.133 e. The molecule has 0 spiro atoms. The van der Waals surface area contributed by atoms with Crippen LogP contribution in [0.5, 0.6) is 0 Å². The topological polar surface area (TPSA) is 43.0 Å². The Hall–Kier alpha value is -1.55. The first kappa shape index (κ1) is 14.4. The van der Waals surface area contributed by atoms with Gasteiger partial charge >= 0.3 is 0 Å². The van der Waals surface area contributed by atoms with Crippen LogP contribution in [-0.4, -0.2) is 16.1 Å². The van der Waals surface area contributed by atoms with Crippen LogP contribution in [0.4, 0.5) is 0 Å². The van der Waals surface area contributed by atoms with Crippen molar-refractivity contribution in [3.63, 3.8) is 0 Å². The van der Waals surface area contributed by atoms with Crippen LogP contribution in [0.15, 0.2) is 35.2 Å². The zero-order valence-corrected chi connectivity index (χ0v) is 13.0. The van der Waals surface area contributed by atoms with Crippen LogP contribution >= 0.6 is 0 Å². The quantitative estimate of drug-likeness (QED) is 0.912. The Labute approximate surface area is 126 Å². The molecule has 0 aliphatic heterocycles.